The summed E-state index contributed by atoms with van der Waals surface area (Å²) in [5, 5.41) is 0. The van der Waals surface area contributed by atoms with Gasteiger partial charge in [0.15, 0.2) is 0 Å². The lowest BCUT2D eigenvalue weighted by molar-refractivity contribution is -0.0152. The first-order valence-corrected chi connectivity index (χ1v) is 5.86. The second kappa shape index (κ2) is 4.95. The van der Waals surface area contributed by atoms with Crippen molar-refractivity contribution in [2.45, 2.75) is 12.5 Å². The number of rotatable bonds is 3. The van der Waals surface area contributed by atoms with Crippen LogP contribution in [0, 0.1) is 0 Å². The van der Waals surface area contributed by atoms with Crippen molar-refractivity contribution in [1.82, 2.24) is 4.90 Å². The van der Waals surface area contributed by atoms with E-state index in [-0.39, 0.29) is 5.54 Å². The molecule has 1 aromatic carbocycles. The molecule has 1 saturated heterocycles. The van der Waals surface area contributed by atoms with Gasteiger partial charge in [0, 0.05) is 19.6 Å². The zero-order valence-corrected chi connectivity index (χ0v) is 9.86. The van der Waals surface area contributed by atoms with Crippen molar-refractivity contribution in [3.63, 3.8) is 0 Å². The zero-order valence-electron chi connectivity index (χ0n) is 9.86. The molecule has 1 atom stereocenters. The van der Waals surface area contributed by atoms with Gasteiger partial charge in [-0.2, -0.15) is 0 Å². The number of nitrogens with two attached hydrogens (primary N) is 1. The maximum Gasteiger partial charge on any atom is 0.0594 e. The van der Waals surface area contributed by atoms with Gasteiger partial charge in [-0.3, -0.25) is 4.90 Å². The maximum absolute atomic E-state index is 5.99. The first-order valence-electron chi connectivity index (χ1n) is 5.86. The van der Waals surface area contributed by atoms with Gasteiger partial charge >= 0.3 is 0 Å². The Morgan fingerprint density at radius 2 is 1.88 bits per heavy atom. The fraction of sp³-hybridized carbons (Fsp3) is 0.538. The lowest BCUT2D eigenvalue weighted by Gasteiger charge is -2.43. The summed E-state index contributed by atoms with van der Waals surface area (Å²) >= 11 is 0. The van der Waals surface area contributed by atoms with Gasteiger partial charge in [0.1, 0.15) is 0 Å². The molecule has 1 heterocycles. The molecule has 3 heteroatoms. The van der Waals surface area contributed by atoms with E-state index in [4.69, 9.17) is 10.5 Å². The normalized spacial score (nSPS) is 21.6. The molecule has 2 N–H and O–H groups in total. The van der Waals surface area contributed by atoms with Gasteiger partial charge < -0.3 is 10.5 Å². The van der Waals surface area contributed by atoms with E-state index in [2.05, 4.69) is 36.1 Å². The molecule has 0 saturated carbocycles. The Labute approximate surface area is 97.2 Å². The van der Waals surface area contributed by atoms with Crippen LogP contribution in [0.1, 0.15) is 12.5 Å². The number of benzene rings is 1. The Balaban J connectivity index is 2.24. The Hall–Kier alpha value is -0.900. The largest absolute Gasteiger partial charge is 0.379 e. The van der Waals surface area contributed by atoms with E-state index in [1.54, 1.807) is 0 Å². The second-order valence-corrected chi connectivity index (χ2v) is 4.44. The molecule has 1 aliphatic rings. The van der Waals surface area contributed by atoms with Crippen molar-refractivity contribution in [3.8, 4) is 0 Å². The first-order chi connectivity index (χ1) is 7.77. The average molecular weight is 220 g/mol. The van der Waals surface area contributed by atoms with Crippen molar-refractivity contribution in [1.29, 1.82) is 0 Å². The SMILES string of the molecule is CC(CN)(c1ccccc1)N1CCOCC1. The Kier molecular flexibility index (Phi) is 3.59. The van der Waals surface area contributed by atoms with Gasteiger partial charge in [-0.05, 0) is 12.5 Å². The predicted octanol–water partition coefficient (Wildman–Crippen LogP) is 1.19. The smallest absolute Gasteiger partial charge is 0.0594 e. The summed E-state index contributed by atoms with van der Waals surface area (Å²) in [6.07, 6.45) is 0. The minimum Gasteiger partial charge on any atom is -0.379 e. The molecule has 0 amide bonds. The van der Waals surface area contributed by atoms with Gasteiger partial charge in [0.05, 0.1) is 18.8 Å². The topological polar surface area (TPSA) is 38.5 Å². The molecule has 0 bridgehead atoms. The fourth-order valence-electron chi connectivity index (χ4n) is 2.28. The highest BCUT2D eigenvalue weighted by Gasteiger charge is 2.33. The predicted molar refractivity (Wildman–Crippen MR) is 65.2 cm³/mol. The van der Waals surface area contributed by atoms with Crippen LogP contribution in [0.2, 0.25) is 0 Å². The van der Waals surface area contributed by atoms with Crippen molar-refractivity contribution in [2.24, 2.45) is 5.73 Å². The third-order valence-electron chi connectivity index (χ3n) is 3.50. The zero-order chi connectivity index (χ0) is 11.4. The highest BCUT2D eigenvalue weighted by Crippen LogP contribution is 2.27. The van der Waals surface area contributed by atoms with Crippen LogP contribution in [0.4, 0.5) is 0 Å². The molecule has 1 aromatic rings. The van der Waals surface area contributed by atoms with Gasteiger partial charge in [-0.25, -0.2) is 0 Å². The minimum absolute atomic E-state index is 0.0644. The summed E-state index contributed by atoms with van der Waals surface area (Å²) < 4.78 is 5.39. The van der Waals surface area contributed by atoms with Crippen LogP contribution in [0.3, 0.4) is 0 Å². The molecule has 2 rings (SSSR count). The minimum atomic E-state index is -0.0644. The van der Waals surface area contributed by atoms with Gasteiger partial charge in [0.2, 0.25) is 0 Å². The molecule has 0 spiro atoms. The van der Waals surface area contributed by atoms with E-state index >= 15 is 0 Å². The molecule has 0 aromatic heterocycles. The van der Waals surface area contributed by atoms with Crippen LogP contribution in [0.5, 0.6) is 0 Å². The van der Waals surface area contributed by atoms with Gasteiger partial charge in [0.25, 0.3) is 0 Å². The monoisotopic (exact) mass is 220 g/mol. The molecule has 3 nitrogen and oxygen atoms in total. The summed E-state index contributed by atoms with van der Waals surface area (Å²) in [4.78, 5) is 2.42. The van der Waals surface area contributed by atoms with Crippen molar-refractivity contribution in [2.75, 3.05) is 32.8 Å². The van der Waals surface area contributed by atoms with E-state index in [1.807, 2.05) is 6.07 Å². The number of ether oxygens (including phenoxy) is 1. The van der Waals surface area contributed by atoms with E-state index in [0.717, 1.165) is 26.3 Å². The van der Waals surface area contributed by atoms with E-state index in [0.29, 0.717) is 6.54 Å². The second-order valence-electron chi connectivity index (χ2n) is 4.44. The standard InChI is InChI=1S/C13H20N2O/c1-13(11-14,12-5-3-2-4-6-12)15-7-9-16-10-8-15/h2-6H,7-11,14H2,1H3. The molecule has 0 aliphatic carbocycles. The van der Waals surface area contributed by atoms with Crippen molar-refractivity contribution < 1.29 is 4.74 Å². The first kappa shape index (κ1) is 11.6. The van der Waals surface area contributed by atoms with Gasteiger partial charge in [-0.1, -0.05) is 30.3 Å². The van der Waals surface area contributed by atoms with E-state index in [9.17, 15) is 0 Å². The number of hydrogen-bond acceptors (Lipinski definition) is 3. The third kappa shape index (κ3) is 2.12. The lowest BCUT2D eigenvalue weighted by Crippen LogP contribution is -2.53. The number of nitrogens with zero attached hydrogens (tertiary/aromatic N) is 1. The van der Waals surface area contributed by atoms with Crippen LogP contribution in [-0.4, -0.2) is 37.7 Å². The van der Waals surface area contributed by atoms with Crippen molar-refractivity contribution in [3.05, 3.63) is 35.9 Å². The molecular formula is C13H20N2O. The number of morpholine rings is 1. The molecule has 0 radical (unpaired) electrons. The highest BCUT2D eigenvalue weighted by molar-refractivity contribution is 5.24. The summed E-state index contributed by atoms with van der Waals surface area (Å²) in [5.74, 6) is 0. The maximum atomic E-state index is 5.99. The Bertz CT molecular complexity index is 322. The van der Waals surface area contributed by atoms with Crippen LogP contribution in [0.25, 0.3) is 0 Å². The average Bonchev–Trinajstić information content (AvgIpc) is 2.40. The molecule has 16 heavy (non-hydrogen) atoms. The Morgan fingerprint density at radius 1 is 1.25 bits per heavy atom. The highest BCUT2D eigenvalue weighted by atomic mass is 16.5. The summed E-state index contributed by atoms with van der Waals surface area (Å²) in [5.41, 5.74) is 7.21. The van der Waals surface area contributed by atoms with E-state index in [1.165, 1.54) is 5.56 Å². The van der Waals surface area contributed by atoms with Crippen LogP contribution < -0.4 is 5.73 Å². The lowest BCUT2D eigenvalue weighted by atomic mass is 9.89. The third-order valence-corrected chi connectivity index (χ3v) is 3.50. The van der Waals surface area contributed by atoms with Gasteiger partial charge in [-0.15, -0.1) is 0 Å². The summed E-state index contributed by atoms with van der Waals surface area (Å²) in [7, 11) is 0. The molecule has 1 unspecified atom stereocenters. The van der Waals surface area contributed by atoms with Crippen LogP contribution >= 0.6 is 0 Å². The quantitative estimate of drug-likeness (QED) is 0.831. The fourth-order valence-corrected chi connectivity index (χ4v) is 2.28. The molecule has 88 valence electrons. The molecular weight excluding hydrogens is 200 g/mol. The van der Waals surface area contributed by atoms with Crippen LogP contribution in [0.15, 0.2) is 30.3 Å². The van der Waals surface area contributed by atoms with Crippen LogP contribution in [-0.2, 0) is 10.3 Å². The van der Waals surface area contributed by atoms with Crippen molar-refractivity contribution >= 4 is 0 Å². The Morgan fingerprint density at radius 3 is 2.44 bits per heavy atom. The summed E-state index contributed by atoms with van der Waals surface area (Å²) in [6.45, 7) is 6.39. The van der Waals surface area contributed by atoms with E-state index < -0.39 is 0 Å². The molecule has 1 aliphatic heterocycles. The molecule has 1 fully saturated rings. The summed E-state index contributed by atoms with van der Waals surface area (Å²) in [6, 6.07) is 10.5. The number of hydrogen-bond donors (Lipinski definition) is 1.